The van der Waals surface area contributed by atoms with E-state index in [1.54, 1.807) is 0 Å². The quantitative estimate of drug-likeness (QED) is 0.468. The van der Waals surface area contributed by atoms with Crippen LogP contribution in [0.2, 0.25) is 19.6 Å². The lowest BCUT2D eigenvalue weighted by molar-refractivity contribution is 0.845. The summed E-state index contributed by atoms with van der Waals surface area (Å²) in [6.45, 7) is 7.14. The minimum atomic E-state index is -1.26. The molecule has 0 aliphatic carbocycles. The van der Waals surface area contributed by atoms with Gasteiger partial charge in [-0.05, 0) is 22.5 Å². The van der Waals surface area contributed by atoms with Crippen molar-refractivity contribution >= 4 is 29.2 Å². The lowest BCUT2D eigenvalue weighted by Crippen LogP contribution is -2.29. The van der Waals surface area contributed by atoms with Crippen LogP contribution in [0.3, 0.4) is 0 Å². The van der Waals surface area contributed by atoms with E-state index >= 15 is 0 Å². The molecule has 1 nitrogen and oxygen atoms in total. The molecule has 1 unspecified atom stereocenters. The van der Waals surface area contributed by atoms with Crippen molar-refractivity contribution < 1.29 is 0 Å². The third-order valence-corrected chi connectivity index (χ3v) is 5.49. The van der Waals surface area contributed by atoms with Crippen molar-refractivity contribution in [3.8, 4) is 0 Å². The highest BCUT2D eigenvalue weighted by Gasteiger charge is 2.27. The second-order valence-electron chi connectivity index (χ2n) is 4.92. The second-order valence-corrected chi connectivity index (χ2v) is 10.9. The first-order valence-corrected chi connectivity index (χ1v) is 9.62. The lowest BCUT2D eigenvalue weighted by Gasteiger charge is -2.29. The lowest BCUT2D eigenvalue weighted by atomic mass is 10.1. The summed E-state index contributed by atoms with van der Waals surface area (Å²) in [5.41, 5.74) is 2.77. The molecule has 0 aromatic heterocycles. The Hall–Kier alpha value is -0.543. The van der Waals surface area contributed by atoms with E-state index in [0.717, 1.165) is 0 Å². The average Bonchev–Trinajstić information content (AvgIpc) is 2.17. The molecule has 1 aliphatic heterocycles. The molecule has 1 aromatic carbocycles. The Morgan fingerprint density at radius 3 is 2.53 bits per heavy atom. The molecule has 1 aromatic rings. The number of alkyl halides is 1. The first-order chi connectivity index (χ1) is 7.00. The van der Waals surface area contributed by atoms with E-state index in [4.69, 9.17) is 0 Å². The first-order valence-electron chi connectivity index (χ1n) is 5.20. The molecule has 2 rings (SSSR count). The third-order valence-electron chi connectivity index (χ3n) is 2.71. The first kappa shape index (κ1) is 11.0. The van der Waals surface area contributed by atoms with E-state index in [1.807, 2.05) is 0 Å². The second kappa shape index (κ2) is 3.80. The van der Waals surface area contributed by atoms with Gasteiger partial charge in [-0.3, -0.25) is 0 Å². The zero-order chi connectivity index (χ0) is 11.1. The molecule has 3 heteroatoms. The summed E-state index contributed by atoms with van der Waals surface area (Å²) in [5, 5.41) is 4.89. The van der Waals surface area contributed by atoms with Gasteiger partial charge < -0.3 is 5.32 Å². The van der Waals surface area contributed by atoms with E-state index in [2.05, 4.69) is 71.4 Å². The maximum Gasteiger partial charge on any atom is 0.108 e. The summed E-state index contributed by atoms with van der Waals surface area (Å²) in [6.07, 6.45) is 2.19. The molecule has 1 N–H and O–H groups in total. The summed E-state index contributed by atoms with van der Waals surface area (Å²) < 4.78 is 0. The van der Waals surface area contributed by atoms with Crippen molar-refractivity contribution in [2.75, 3.05) is 0 Å². The van der Waals surface area contributed by atoms with Gasteiger partial charge in [-0.25, -0.2) is 0 Å². The van der Waals surface area contributed by atoms with E-state index < -0.39 is 8.07 Å². The molecule has 0 radical (unpaired) electrons. The van der Waals surface area contributed by atoms with Crippen molar-refractivity contribution in [2.45, 2.75) is 24.6 Å². The summed E-state index contributed by atoms with van der Waals surface area (Å²) in [7, 11) is -1.26. The van der Waals surface area contributed by atoms with Crippen molar-refractivity contribution in [3.63, 3.8) is 0 Å². The van der Waals surface area contributed by atoms with Crippen LogP contribution >= 0.6 is 15.9 Å². The Labute approximate surface area is 101 Å². The van der Waals surface area contributed by atoms with E-state index in [9.17, 15) is 0 Å². The van der Waals surface area contributed by atoms with Gasteiger partial charge in [0.2, 0.25) is 0 Å². The van der Waals surface area contributed by atoms with Gasteiger partial charge in [0, 0.05) is 0 Å². The van der Waals surface area contributed by atoms with Crippen LogP contribution in [0.25, 0.3) is 5.20 Å². The van der Waals surface area contributed by atoms with Gasteiger partial charge in [0.15, 0.2) is 0 Å². The van der Waals surface area contributed by atoms with Crippen LogP contribution < -0.4 is 5.32 Å². The van der Waals surface area contributed by atoms with E-state index in [-0.39, 0.29) is 4.95 Å². The van der Waals surface area contributed by atoms with Gasteiger partial charge in [-0.15, -0.1) is 0 Å². The number of rotatable bonds is 1. The summed E-state index contributed by atoms with van der Waals surface area (Å²) in [5.74, 6) is 0. The van der Waals surface area contributed by atoms with Crippen LogP contribution in [0.5, 0.6) is 0 Å². The van der Waals surface area contributed by atoms with Crippen molar-refractivity contribution in [3.05, 3.63) is 41.6 Å². The Morgan fingerprint density at radius 2 is 1.87 bits per heavy atom. The maximum atomic E-state index is 3.64. The molecule has 1 aliphatic rings. The normalized spacial score (nSPS) is 20.3. The molecule has 0 fully saturated rings. The highest BCUT2D eigenvalue weighted by molar-refractivity contribution is 9.09. The summed E-state index contributed by atoms with van der Waals surface area (Å²) >= 11 is 3.64. The van der Waals surface area contributed by atoms with Gasteiger partial charge in [0.1, 0.15) is 4.95 Å². The molecule has 0 bridgehead atoms. The highest BCUT2D eigenvalue weighted by Crippen LogP contribution is 2.36. The Balaban J connectivity index is 2.55. The number of halogens is 1. The molecule has 1 heterocycles. The van der Waals surface area contributed by atoms with Crippen LogP contribution in [0, 0.1) is 0 Å². The number of nitrogens with one attached hydrogen (secondary N) is 1. The molecule has 1 atom stereocenters. The number of hydrogen-bond acceptors (Lipinski definition) is 1. The van der Waals surface area contributed by atoms with Crippen LogP contribution in [-0.2, 0) is 0 Å². The predicted octanol–water partition coefficient (Wildman–Crippen LogP) is 3.90. The smallest absolute Gasteiger partial charge is 0.108 e. The van der Waals surface area contributed by atoms with Crippen LogP contribution in [0.1, 0.15) is 16.1 Å². The Bertz CT molecular complexity index is 406. The standard InChI is InChI=1S/C12H16BrNSi/c1-15(2,3)11-8-14-12(13)10-7-5-4-6-9(10)11/h4-8,12,14H,1-3H3. The van der Waals surface area contributed by atoms with Crippen molar-refractivity contribution in [1.82, 2.24) is 5.32 Å². The fraction of sp³-hybridized carbons (Fsp3) is 0.333. The van der Waals surface area contributed by atoms with Crippen LogP contribution in [-0.4, -0.2) is 8.07 Å². The van der Waals surface area contributed by atoms with Gasteiger partial charge in [0.05, 0.1) is 8.07 Å². The number of benzene rings is 1. The molecule has 0 amide bonds. The third kappa shape index (κ3) is 2.04. The zero-order valence-corrected chi connectivity index (χ0v) is 11.9. The molecular weight excluding hydrogens is 266 g/mol. The van der Waals surface area contributed by atoms with Crippen molar-refractivity contribution in [2.24, 2.45) is 0 Å². The van der Waals surface area contributed by atoms with Crippen LogP contribution in [0.4, 0.5) is 0 Å². The van der Waals surface area contributed by atoms with Crippen molar-refractivity contribution in [1.29, 1.82) is 0 Å². The maximum absolute atomic E-state index is 3.64. The Kier molecular flexibility index (Phi) is 2.77. The fourth-order valence-corrected chi connectivity index (χ4v) is 3.99. The average molecular weight is 282 g/mol. The van der Waals surface area contributed by atoms with Gasteiger partial charge in [0.25, 0.3) is 0 Å². The molecular formula is C12H16BrNSi. The van der Waals surface area contributed by atoms with Gasteiger partial charge in [-0.2, -0.15) is 0 Å². The summed E-state index contributed by atoms with van der Waals surface area (Å²) in [6, 6.07) is 8.64. The molecule has 0 saturated heterocycles. The van der Waals surface area contributed by atoms with E-state index in [0.29, 0.717) is 0 Å². The molecule has 0 saturated carbocycles. The minimum absolute atomic E-state index is 0.258. The van der Waals surface area contributed by atoms with Crippen LogP contribution in [0.15, 0.2) is 30.5 Å². The number of hydrogen-bond donors (Lipinski definition) is 1. The predicted molar refractivity (Wildman–Crippen MR) is 72.6 cm³/mol. The highest BCUT2D eigenvalue weighted by atomic mass is 79.9. The van der Waals surface area contributed by atoms with Gasteiger partial charge in [-0.1, -0.05) is 59.8 Å². The molecule has 80 valence electrons. The topological polar surface area (TPSA) is 12.0 Å². The fourth-order valence-electron chi connectivity index (χ4n) is 1.91. The van der Waals surface area contributed by atoms with Gasteiger partial charge >= 0.3 is 0 Å². The number of fused-ring (bicyclic) bond motifs is 1. The molecule has 15 heavy (non-hydrogen) atoms. The monoisotopic (exact) mass is 281 g/mol. The minimum Gasteiger partial charge on any atom is -0.375 e. The zero-order valence-electron chi connectivity index (χ0n) is 9.34. The van der Waals surface area contributed by atoms with E-state index in [1.165, 1.54) is 16.3 Å². The Morgan fingerprint density at radius 1 is 1.20 bits per heavy atom. The largest absolute Gasteiger partial charge is 0.375 e. The summed E-state index contributed by atoms with van der Waals surface area (Å²) in [4.78, 5) is 0.258. The molecule has 0 spiro atoms. The SMILES string of the molecule is C[Si](C)(C)C1=CNC(Br)c2ccccc21.